The molecule has 4 rings (SSSR count). The molecule has 0 saturated heterocycles. The third kappa shape index (κ3) is 2.76. The molecule has 1 N–H and O–H groups in total. The number of aromatic nitrogens is 1. The first kappa shape index (κ1) is 17.3. The Balaban J connectivity index is 1.77. The number of aromatic amines is 1. The standard InChI is InChI=1S/C18H16ClFN2O3S/c1-25-17-5-2-11(19)8-18(17)26(23,24)22-7-6-15-14(10-22)13-4-3-12(20)9-16(13)21-15/h2-5,8-9,21H,6-7,10H2,1H3. The quantitative estimate of drug-likeness (QED) is 0.736. The van der Waals surface area contributed by atoms with Crippen LogP contribution in [0.1, 0.15) is 11.3 Å². The average molecular weight is 395 g/mol. The normalized spacial score (nSPS) is 15.2. The van der Waals surface area contributed by atoms with Gasteiger partial charge in [0.05, 0.1) is 7.11 Å². The minimum atomic E-state index is -3.79. The lowest BCUT2D eigenvalue weighted by molar-refractivity contribution is 0.378. The van der Waals surface area contributed by atoms with Crippen LogP contribution in [0.2, 0.25) is 5.02 Å². The van der Waals surface area contributed by atoms with E-state index in [2.05, 4.69) is 4.98 Å². The Labute approximate surface area is 155 Å². The Hall–Kier alpha value is -2.09. The lowest BCUT2D eigenvalue weighted by Crippen LogP contribution is -2.36. The maximum absolute atomic E-state index is 13.5. The fourth-order valence-electron chi connectivity index (χ4n) is 3.37. The summed E-state index contributed by atoms with van der Waals surface area (Å²) >= 11 is 6.00. The monoisotopic (exact) mass is 394 g/mol. The number of fused-ring (bicyclic) bond motifs is 3. The van der Waals surface area contributed by atoms with E-state index in [0.717, 1.165) is 16.6 Å². The first-order valence-electron chi connectivity index (χ1n) is 8.03. The molecule has 0 saturated carbocycles. The molecule has 8 heteroatoms. The molecule has 1 aromatic heterocycles. The summed E-state index contributed by atoms with van der Waals surface area (Å²) in [5, 5.41) is 1.16. The van der Waals surface area contributed by atoms with Crippen LogP contribution in [0.4, 0.5) is 4.39 Å². The van der Waals surface area contributed by atoms with E-state index in [1.54, 1.807) is 18.2 Å². The molecule has 1 aliphatic heterocycles. The Kier molecular flexibility index (Phi) is 4.17. The smallest absolute Gasteiger partial charge is 0.247 e. The summed E-state index contributed by atoms with van der Waals surface area (Å²) in [6.07, 6.45) is 0.522. The highest BCUT2D eigenvalue weighted by atomic mass is 35.5. The summed E-state index contributed by atoms with van der Waals surface area (Å²) in [5.74, 6) is -0.0783. The van der Waals surface area contributed by atoms with Gasteiger partial charge in [0.1, 0.15) is 16.5 Å². The fraction of sp³-hybridized carbons (Fsp3) is 0.222. The SMILES string of the molecule is COc1ccc(Cl)cc1S(=O)(=O)N1CCc2[nH]c3cc(F)ccc3c2C1. The second kappa shape index (κ2) is 6.26. The number of benzene rings is 2. The molecule has 0 unspecified atom stereocenters. The van der Waals surface area contributed by atoms with Gasteiger partial charge >= 0.3 is 0 Å². The fourth-order valence-corrected chi connectivity index (χ4v) is 5.19. The van der Waals surface area contributed by atoms with E-state index >= 15 is 0 Å². The highest BCUT2D eigenvalue weighted by Gasteiger charge is 2.32. The summed E-state index contributed by atoms with van der Waals surface area (Å²) in [6.45, 7) is 0.527. The van der Waals surface area contributed by atoms with E-state index in [-0.39, 0.29) is 23.0 Å². The van der Waals surface area contributed by atoms with Crippen LogP contribution in [0.5, 0.6) is 5.75 Å². The summed E-state index contributed by atoms with van der Waals surface area (Å²) in [7, 11) is -2.37. The molecule has 1 aliphatic rings. The van der Waals surface area contributed by atoms with Crippen molar-refractivity contribution in [1.29, 1.82) is 0 Å². The van der Waals surface area contributed by atoms with Gasteiger partial charge in [0.2, 0.25) is 10.0 Å². The Morgan fingerprint density at radius 3 is 2.81 bits per heavy atom. The predicted molar refractivity (Wildman–Crippen MR) is 97.6 cm³/mol. The van der Waals surface area contributed by atoms with Crippen molar-refractivity contribution in [3.63, 3.8) is 0 Å². The van der Waals surface area contributed by atoms with Crippen molar-refractivity contribution in [1.82, 2.24) is 9.29 Å². The van der Waals surface area contributed by atoms with Crippen LogP contribution in [0.15, 0.2) is 41.3 Å². The summed E-state index contributed by atoms with van der Waals surface area (Å²) in [5.41, 5.74) is 2.49. The molecule has 3 aromatic rings. The topological polar surface area (TPSA) is 62.4 Å². The lowest BCUT2D eigenvalue weighted by atomic mass is 10.1. The molecule has 0 bridgehead atoms. The number of halogens is 2. The summed E-state index contributed by atoms with van der Waals surface area (Å²) < 4.78 is 46.4. The summed E-state index contributed by atoms with van der Waals surface area (Å²) in [4.78, 5) is 3.24. The molecular weight excluding hydrogens is 379 g/mol. The number of ether oxygens (including phenoxy) is 1. The van der Waals surface area contributed by atoms with Gasteiger partial charge in [-0.2, -0.15) is 4.31 Å². The van der Waals surface area contributed by atoms with Gasteiger partial charge in [0, 0.05) is 41.1 Å². The number of methoxy groups -OCH3 is 1. The molecule has 26 heavy (non-hydrogen) atoms. The van der Waals surface area contributed by atoms with E-state index in [1.807, 2.05) is 0 Å². The molecule has 0 atom stereocenters. The number of nitrogens with one attached hydrogen (secondary N) is 1. The molecule has 0 spiro atoms. The minimum Gasteiger partial charge on any atom is -0.495 e. The Morgan fingerprint density at radius 1 is 1.23 bits per heavy atom. The molecule has 136 valence electrons. The van der Waals surface area contributed by atoms with Gasteiger partial charge in [-0.3, -0.25) is 0 Å². The molecule has 0 fully saturated rings. The van der Waals surface area contributed by atoms with Gasteiger partial charge in [-0.1, -0.05) is 11.6 Å². The first-order chi connectivity index (χ1) is 12.4. The highest BCUT2D eigenvalue weighted by molar-refractivity contribution is 7.89. The second-order valence-electron chi connectivity index (χ2n) is 6.16. The van der Waals surface area contributed by atoms with Gasteiger partial charge in [-0.25, -0.2) is 12.8 Å². The van der Waals surface area contributed by atoms with Gasteiger partial charge in [-0.15, -0.1) is 0 Å². The number of rotatable bonds is 3. The van der Waals surface area contributed by atoms with E-state index in [0.29, 0.717) is 23.5 Å². The largest absolute Gasteiger partial charge is 0.495 e. The second-order valence-corrected chi connectivity index (χ2v) is 8.50. The van der Waals surface area contributed by atoms with Crippen molar-refractivity contribution in [2.75, 3.05) is 13.7 Å². The first-order valence-corrected chi connectivity index (χ1v) is 9.84. The van der Waals surface area contributed by atoms with Crippen molar-refractivity contribution in [2.24, 2.45) is 0 Å². The number of hydrogen-bond donors (Lipinski definition) is 1. The number of hydrogen-bond acceptors (Lipinski definition) is 3. The van der Waals surface area contributed by atoms with Crippen molar-refractivity contribution in [3.05, 3.63) is 58.5 Å². The van der Waals surface area contributed by atoms with Crippen molar-refractivity contribution in [2.45, 2.75) is 17.9 Å². The van der Waals surface area contributed by atoms with Crippen molar-refractivity contribution in [3.8, 4) is 5.75 Å². The maximum Gasteiger partial charge on any atom is 0.247 e. The van der Waals surface area contributed by atoms with E-state index in [4.69, 9.17) is 16.3 Å². The molecule has 0 radical (unpaired) electrons. The van der Waals surface area contributed by atoms with Crippen LogP contribution in [0, 0.1) is 5.82 Å². The molecule has 0 aliphatic carbocycles. The zero-order valence-corrected chi connectivity index (χ0v) is 15.5. The Morgan fingerprint density at radius 2 is 2.04 bits per heavy atom. The van der Waals surface area contributed by atoms with Crippen molar-refractivity contribution >= 4 is 32.5 Å². The summed E-state index contributed by atoms with van der Waals surface area (Å²) in [6, 6.07) is 9.00. The van der Waals surface area contributed by atoms with Crippen LogP contribution in [-0.4, -0.2) is 31.4 Å². The van der Waals surface area contributed by atoms with Crippen LogP contribution < -0.4 is 4.74 Å². The molecule has 2 heterocycles. The van der Waals surface area contributed by atoms with Gasteiger partial charge in [-0.05, 0) is 42.0 Å². The third-order valence-corrected chi connectivity index (χ3v) is 6.75. The molecule has 5 nitrogen and oxygen atoms in total. The molecule has 0 amide bonds. The van der Waals surface area contributed by atoms with Crippen LogP contribution in [0.3, 0.4) is 0 Å². The van der Waals surface area contributed by atoms with Gasteiger partial charge in [0.15, 0.2) is 0 Å². The predicted octanol–water partition coefficient (Wildman–Crippen LogP) is 3.72. The van der Waals surface area contributed by atoms with Gasteiger partial charge < -0.3 is 9.72 Å². The third-order valence-electron chi connectivity index (χ3n) is 4.65. The average Bonchev–Trinajstić information content (AvgIpc) is 2.98. The van der Waals surface area contributed by atoms with E-state index in [1.165, 1.54) is 29.6 Å². The Bertz CT molecular complexity index is 1110. The van der Waals surface area contributed by atoms with Crippen LogP contribution >= 0.6 is 11.6 Å². The minimum absolute atomic E-state index is 0.0434. The number of nitrogens with zero attached hydrogens (tertiary/aromatic N) is 1. The van der Waals surface area contributed by atoms with Crippen LogP contribution in [0.25, 0.3) is 10.9 Å². The number of H-pyrrole nitrogens is 1. The van der Waals surface area contributed by atoms with E-state index in [9.17, 15) is 12.8 Å². The van der Waals surface area contributed by atoms with E-state index < -0.39 is 10.0 Å². The van der Waals surface area contributed by atoms with Crippen molar-refractivity contribution < 1.29 is 17.5 Å². The lowest BCUT2D eigenvalue weighted by Gasteiger charge is -2.27. The molecular formula is C18H16ClFN2O3S. The zero-order chi connectivity index (χ0) is 18.5. The van der Waals surface area contributed by atoms with Gasteiger partial charge in [0.25, 0.3) is 0 Å². The number of sulfonamides is 1. The zero-order valence-electron chi connectivity index (χ0n) is 13.9. The highest BCUT2D eigenvalue weighted by Crippen LogP contribution is 2.34. The molecule has 2 aromatic carbocycles. The maximum atomic E-state index is 13.5. The van der Waals surface area contributed by atoms with Crippen LogP contribution in [-0.2, 0) is 23.0 Å².